The smallest absolute Gasteiger partial charge is 0.0767 e. The van der Waals surface area contributed by atoms with Crippen LogP contribution in [0.5, 0.6) is 0 Å². The van der Waals surface area contributed by atoms with E-state index in [9.17, 15) is 0 Å². The van der Waals surface area contributed by atoms with E-state index in [0.717, 1.165) is 35.0 Å². The van der Waals surface area contributed by atoms with Gasteiger partial charge in [0.05, 0.1) is 5.52 Å². The molecule has 1 heterocycles. The number of fused-ring (bicyclic) bond motifs is 1. The fraction of sp³-hybridized carbons (Fsp3) is 0.500. The molecule has 0 atom stereocenters. The van der Waals surface area contributed by atoms with E-state index >= 15 is 0 Å². The van der Waals surface area contributed by atoms with Crippen LogP contribution in [0.4, 0.5) is 5.69 Å². The summed E-state index contributed by atoms with van der Waals surface area (Å²) in [5.41, 5.74) is 9.31. The van der Waals surface area contributed by atoms with Gasteiger partial charge in [0.1, 0.15) is 0 Å². The summed E-state index contributed by atoms with van der Waals surface area (Å²) in [5.74, 6) is 1.88. The van der Waals surface area contributed by atoms with E-state index in [1.165, 1.54) is 44.3 Å². The van der Waals surface area contributed by atoms with Crippen molar-refractivity contribution >= 4 is 16.6 Å². The van der Waals surface area contributed by atoms with E-state index in [2.05, 4.69) is 22.0 Å². The molecule has 2 aliphatic rings. The van der Waals surface area contributed by atoms with Gasteiger partial charge in [-0.15, -0.1) is 0 Å². The zero-order valence-corrected chi connectivity index (χ0v) is 12.5. The normalized spacial score (nSPS) is 18.5. The second-order valence-corrected chi connectivity index (χ2v) is 6.79. The molecule has 3 heteroatoms. The van der Waals surface area contributed by atoms with E-state index in [1.54, 1.807) is 0 Å². The number of aromatic nitrogens is 1. The Morgan fingerprint density at radius 2 is 1.76 bits per heavy atom. The number of hydrogen-bond acceptors (Lipinski definition) is 3. The number of pyridine rings is 1. The van der Waals surface area contributed by atoms with Crippen molar-refractivity contribution in [2.24, 2.45) is 11.8 Å². The Kier molecular flexibility index (Phi) is 3.30. The first-order valence-electron chi connectivity index (χ1n) is 8.14. The van der Waals surface area contributed by atoms with Gasteiger partial charge in [0.2, 0.25) is 0 Å². The topological polar surface area (TPSA) is 42.1 Å². The summed E-state index contributed by atoms with van der Waals surface area (Å²) in [6.45, 7) is 3.53. The molecule has 0 spiro atoms. The van der Waals surface area contributed by atoms with Gasteiger partial charge >= 0.3 is 0 Å². The molecule has 0 unspecified atom stereocenters. The first-order valence-corrected chi connectivity index (χ1v) is 8.14. The van der Waals surface area contributed by atoms with Crippen LogP contribution < -0.4 is 5.73 Å². The molecule has 0 saturated heterocycles. The highest BCUT2D eigenvalue weighted by Crippen LogP contribution is 2.35. The molecule has 0 aliphatic heterocycles. The summed E-state index contributed by atoms with van der Waals surface area (Å²) < 4.78 is 0. The number of anilines is 1. The minimum atomic E-state index is 0.831. The Hall–Kier alpha value is -1.61. The Balaban J connectivity index is 1.60. The molecule has 3 nitrogen and oxygen atoms in total. The van der Waals surface area contributed by atoms with Crippen molar-refractivity contribution in [2.75, 3.05) is 18.8 Å². The van der Waals surface area contributed by atoms with Gasteiger partial charge in [-0.05, 0) is 61.3 Å². The van der Waals surface area contributed by atoms with Gasteiger partial charge in [0, 0.05) is 36.9 Å². The molecule has 0 bridgehead atoms. The summed E-state index contributed by atoms with van der Waals surface area (Å²) in [7, 11) is 0. The van der Waals surface area contributed by atoms with Crippen molar-refractivity contribution in [3.63, 3.8) is 0 Å². The Labute approximate surface area is 126 Å². The SMILES string of the molecule is Nc1ccc(CN(CC2CC2)CC2CC2)c2ncccc12. The standard InChI is InChI=1S/C18H23N3/c19-17-8-7-15(18-16(17)2-1-9-20-18)12-21(10-13-3-4-13)11-14-5-6-14/h1-2,7-9,13-14H,3-6,10-12,19H2. The molecule has 2 fully saturated rings. The third-order valence-corrected chi connectivity index (χ3v) is 4.71. The second-order valence-electron chi connectivity index (χ2n) is 6.79. The van der Waals surface area contributed by atoms with Gasteiger partial charge < -0.3 is 5.73 Å². The largest absolute Gasteiger partial charge is 0.398 e. The predicted molar refractivity (Wildman–Crippen MR) is 86.9 cm³/mol. The lowest BCUT2D eigenvalue weighted by molar-refractivity contribution is 0.245. The van der Waals surface area contributed by atoms with Crippen molar-refractivity contribution in [1.82, 2.24) is 9.88 Å². The molecular weight excluding hydrogens is 258 g/mol. The fourth-order valence-corrected chi connectivity index (χ4v) is 3.16. The van der Waals surface area contributed by atoms with Crippen LogP contribution in [0.3, 0.4) is 0 Å². The zero-order chi connectivity index (χ0) is 14.2. The fourth-order valence-electron chi connectivity index (χ4n) is 3.16. The molecule has 2 N–H and O–H groups in total. The highest BCUT2D eigenvalue weighted by atomic mass is 15.1. The van der Waals surface area contributed by atoms with Gasteiger partial charge in [0.25, 0.3) is 0 Å². The van der Waals surface area contributed by atoms with Crippen molar-refractivity contribution in [3.8, 4) is 0 Å². The highest BCUT2D eigenvalue weighted by molar-refractivity contribution is 5.92. The number of nitrogen functional groups attached to an aromatic ring is 1. The van der Waals surface area contributed by atoms with Crippen LogP contribution in [-0.4, -0.2) is 23.0 Å². The summed E-state index contributed by atoms with van der Waals surface area (Å²) in [5, 5.41) is 1.09. The number of nitrogens with zero attached hydrogens (tertiary/aromatic N) is 2. The number of hydrogen-bond donors (Lipinski definition) is 1. The molecule has 0 amide bonds. The number of nitrogens with two attached hydrogens (primary N) is 1. The quantitative estimate of drug-likeness (QED) is 0.825. The monoisotopic (exact) mass is 281 g/mol. The van der Waals surface area contributed by atoms with Gasteiger partial charge in [-0.25, -0.2) is 0 Å². The van der Waals surface area contributed by atoms with Crippen LogP contribution in [0.25, 0.3) is 10.9 Å². The van der Waals surface area contributed by atoms with Crippen LogP contribution in [0.1, 0.15) is 31.2 Å². The van der Waals surface area contributed by atoms with E-state index in [4.69, 9.17) is 5.73 Å². The summed E-state index contributed by atoms with van der Waals surface area (Å²) in [6, 6.07) is 8.24. The molecule has 2 aliphatic carbocycles. The summed E-state index contributed by atoms with van der Waals surface area (Å²) in [4.78, 5) is 7.23. The molecule has 4 rings (SSSR count). The van der Waals surface area contributed by atoms with Crippen molar-refractivity contribution < 1.29 is 0 Å². The first-order chi connectivity index (χ1) is 10.3. The first kappa shape index (κ1) is 13.1. The van der Waals surface area contributed by atoms with Gasteiger partial charge in [-0.1, -0.05) is 6.07 Å². The van der Waals surface area contributed by atoms with E-state index in [-0.39, 0.29) is 0 Å². The predicted octanol–water partition coefficient (Wildman–Crippen LogP) is 3.44. The number of rotatable bonds is 6. The average Bonchev–Trinajstić information content (AvgIpc) is 3.39. The molecule has 1 aromatic heterocycles. The van der Waals surface area contributed by atoms with Crippen LogP contribution >= 0.6 is 0 Å². The zero-order valence-electron chi connectivity index (χ0n) is 12.5. The summed E-state index contributed by atoms with van der Waals surface area (Å²) in [6.07, 6.45) is 7.55. The van der Waals surface area contributed by atoms with E-state index in [0.29, 0.717) is 0 Å². The third-order valence-electron chi connectivity index (χ3n) is 4.71. The Morgan fingerprint density at radius 1 is 1.05 bits per heavy atom. The van der Waals surface area contributed by atoms with Gasteiger partial charge in [-0.2, -0.15) is 0 Å². The van der Waals surface area contributed by atoms with Crippen LogP contribution in [-0.2, 0) is 6.54 Å². The molecule has 2 aromatic rings. The Bertz CT molecular complexity index is 630. The highest BCUT2D eigenvalue weighted by Gasteiger charge is 2.29. The van der Waals surface area contributed by atoms with Crippen LogP contribution in [0, 0.1) is 11.8 Å². The maximum absolute atomic E-state index is 6.08. The molecular formula is C18H23N3. The van der Waals surface area contributed by atoms with Crippen molar-refractivity contribution in [3.05, 3.63) is 36.0 Å². The van der Waals surface area contributed by atoms with Crippen LogP contribution in [0.2, 0.25) is 0 Å². The van der Waals surface area contributed by atoms with Gasteiger partial charge in [-0.3, -0.25) is 9.88 Å². The third kappa shape index (κ3) is 3.03. The van der Waals surface area contributed by atoms with E-state index < -0.39 is 0 Å². The van der Waals surface area contributed by atoms with Crippen molar-refractivity contribution in [2.45, 2.75) is 32.2 Å². The van der Waals surface area contributed by atoms with Crippen molar-refractivity contribution in [1.29, 1.82) is 0 Å². The minimum absolute atomic E-state index is 0.831. The molecule has 0 radical (unpaired) electrons. The minimum Gasteiger partial charge on any atom is -0.398 e. The lowest BCUT2D eigenvalue weighted by Gasteiger charge is -2.23. The average molecular weight is 281 g/mol. The van der Waals surface area contributed by atoms with E-state index in [1.807, 2.05) is 18.3 Å². The molecule has 1 aromatic carbocycles. The van der Waals surface area contributed by atoms with Gasteiger partial charge in [0.15, 0.2) is 0 Å². The number of benzene rings is 1. The molecule has 110 valence electrons. The summed E-state index contributed by atoms with van der Waals surface area (Å²) >= 11 is 0. The Morgan fingerprint density at radius 3 is 2.43 bits per heavy atom. The maximum Gasteiger partial charge on any atom is 0.0767 e. The lowest BCUT2D eigenvalue weighted by Crippen LogP contribution is -2.28. The maximum atomic E-state index is 6.08. The lowest BCUT2D eigenvalue weighted by atomic mass is 10.1. The second kappa shape index (κ2) is 5.30. The molecule has 21 heavy (non-hydrogen) atoms. The van der Waals surface area contributed by atoms with Crippen LogP contribution in [0.15, 0.2) is 30.5 Å². The molecule has 2 saturated carbocycles.